The van der Waals surface area contributed by atoms with Gasteiger partial charge in [0.25, 0.3) is 5.91 Å². The van der Waals surface area contributed by atoms with E-state index < -0.39 is 26.6 Å². The van der Waals surface area contributed by atoms with Crippen LogP contribution in [0.15, 0.2) is 34.7 Å². The molecule has 3 N–H and O–H groups in total. The molecule has 0 aliphatic carbocycles. The van der Waals surface area contributed by atoms with Crippen molar-refractivity contribution >= 4 is 27.5 Å². The van der Waals surface area contributed by atoms with Crippen molar-refractivity contribution in [3.05, 3.63) is 41.2 Å². The first-order chi connectivity index (χ1) is 8.21. The van der Waals surface area contributed by atoms with Crippen molar-refractivity contribution in [1.82, 2.24) is 5.32 Å². The number of hydrogen-bond donors (Lipinski definition) is 2. The fourth-order valence-electron chi connectivity index (χ4n) is 1.13. The van der Waals surface area contributed by atoms with Gasteiger partial charge < -0.3 is 5.32 Å². The Labute approximate surface area is 108 Å². The Hall–Kier alpha value is -1.44. The summed E-state index contributed by atoms with van der Waals surface area (Å²) in [5.74, 6) is -1.71. The summed E-state index contributed by atoms with van der Waals surface area (Å²) < 4.78 is 35.4. The van der Waals surface area contributed by atoms with Crippen LogP contribution in [0.4, 0.5) is 4.39 Å². The van der Waals surface area contributed by atoms with Gasteiger partial charge in [-0.25, -0.2) is 17.9 Å². The second-order valence-electron chi connectivity index (χ2n) is 3.39. The number of sulfonamides is 1. The molecule has 0 radical (unpaired) electrons. The van der Waals surface area contributed by atoms with Crippen molar-refractivity contribution in [2.45, 2.75) is 4.90 Å². The minimum Gasteiger partial charge on any atom is -0.347 e. The Balaban J connectivity index is 2.99. The summed E-state index contributed by atoms with van der Waals surface area (Å²) in [4.78, 5) is 11.1. The lowest BCUT2D eigenvalue weighted by molar-refractivity contribution is 0.0953. The largest absolute Gasteiger partial charge is 0.347 e. The lowest BCUT2D eigenvalue weighted by atomic mass is 10.2. The molecule has 5 nitrogen and oxygen atoms in total. The molecule has 0 aliphatic heterocycles. The zero-order valence-corrected chi connectivity index (χ0v) is 10.7. The fourth-order valence-corrected chi connectivity index (χ4v) is 1.72. The van der Waals surface area contributed by atoms with E-state index in [0.29, 0.717) is 6.07 Å². The first kappa shape index (κ1) is 14.6. The van der Waals surface area contributed by atoms with Crippen molar-refractivity contribution in [3.8, 4) is 0 Å². The van der Waals surface area contributed by atoms with Crippen molar-refractivity contribution in [2.75, 3.05) is 6.54 Å². The van der Waals surface area contributed by atoms with Gasteiger partial charge in [0.15, 0.2) is 0 Å². The van der Waals surface area contributed by atoms with E-state index in [9.17, 15) is 17.6 Å². The van der Waals surface area contributed by atoms with Crippen molar-refractivity contribution in [3.63, 3.8) is 0 Å². The molecule has 98 valence electrons. The maximum atomic E-state index is 13.5. The predicted octanol–water partition coefficient (Wildman–Crippen LogP) is 0.955. The molecular formula is C10H10ClFN2O3S. The van der Waals surface area contributed by atoms with Crippen molar-refractivity contribution in [1.29, 1.82) is 0 Å². The molecular weight excluding hydrogens is 283 g/mol. The topological polar surface area (TPSA) is 89.3 Å². The van der Waals surface area contributed by atoms with E-state index >= 15 is 0 Å². The van der Waals surface area contributed by atoms with Crippen LogP contribution in [0, 0.1) is 5.82 Å². The number of benzene rings is 1. The number of nitrogens with two attached hydrogens (primary N) is 1. The van der Waals surface area contributed by atoms with Crippen molar-refractivity contribution < 1.29 is 17.6 Å². The highest BCUT2D eigenvalue weighted by atomic mass is 35.5. The average Bonchev–Trinajstić information content (AvgIpc) is 2.24. The standard InChI is InChI=1S/C10H10ClFN2O3S/c1-6(11)5-14-10(15)8-3-2-7(4-9(8)12)18(13,16)17/h2-4H,1,5H2,(H,14,15)(H2,13,16,17). The predicted molar refractivity (Wildman–Crippen MR) is 65.1 cm³/mol. The van der Waals surface area contributed by atoms with E-state index in [0.717, 1.165) is 12.1 Å². The molecule has 0 spiro atoms. The molecule has 1 amide bonds. The molecule has 0 aromatic heterocycles. The minimum absolute atomic E-state index is 0.0171. The number of nitrogens with one attached hydrogen (secondary N) is 1. The molecule has 0 saturated heterocycles. The molecule has 0 atom stereocenters. The van der Waals surface area contributed by atoms with Crippen molar-refractivity contribution in [2.24, 2.45) is 5.14 Å². The van der Waals surface area contributed by atoms with Gasteiger partial charge in [-0.2, -0.15) is 0 Å². The monoisotopic (exact) mass is 292 g/mol. The van der Waals surface area contributed by atoms with Crippen LogP contribution in [0.5, 0.6) is 0 Å². The van der Waals surface area contributed by atoms with Gasteiger partial charge in [-0.3, -0.25) is 4.79 Å². The Morgan fingerprint density at radius 1 is 1.50 bits per heavy atom. The molecule has 0 unspecified atom stereocenters. The van der Waals surface area contributed by atoms with Crippen LogP contribution < -0.4 is 10.5 Å². The SMILES string of the molecule is C=C(Cl)CNC(=O)c1ccc(S(N)(=O)=O)cc1F. The highest BCUT2D eigenvalue weighted by Gasteiger charge is 2.15. The Bertz CT molecular complexity index is 601. The van der Waals surface area contributed by atoms with Crippen LogP contribution in [0.25, 0.3) is 0 Å². The maximum Gasteiger partial charge on any atom is 0.254 e. The number of halogens is 2. The molecule has 1 rings (SSSR count). The number of rotatable bonds is 4. The molecule has 0 aliphatic rings. The molecule has 1 aromatic carbocycles. The molecule has 1 aromatic rings. The molecule has 0 heterocycles. The van der Waals surface area contributed by atoms with Gasteiger partial charge in [0.2, 0.25) is 10.0 Å². The maximum absolute atomic E-state index is 13.5. The number of carbonyl (C=O) groups excluding carboxylic acids is 1. The quantitative estimate of drug-likeness (QED) is 0.866. The van der Waals surface area contributed by atoms with Crippen LogP contribution in [-0.2, 0) is 10.0 Å². The van der Waals surface area contributed by atoms with E-state index in [1.165, 1.54) is 0 Å². The van der Waals surface area contributed by atoms with E-state index in [4.69, 9.17) is 16.7 Å². The van der Waals surface area contributed by atoms with Gasteiger partial charge in [0.05, 0.1) is 17.0 Å². The summed E-state index contributed by atoms with van der Waals surface area (Å²) >= 11 is 5.44. The summed E-state index contributed by atoms with van der Waals surface area (Å²) in [6.45, 7) is 3.33. The second kappa shape index (κ2) is 5.47. The third-order valence-electron chi connectivity index (χ3n) is 1.95. The zero-order valence-electron chi connectivity index (χ0n) is 9.11. The average molecular weight is 293 g/mol. The second-order valence-corrected chi connectivity index (χ2v) is 5.48. The molecule has 0 bridgehead atoms. The van der Waals surface area contributed by atoms with E-state index in [2.05, 4.69) is 11.9 Å². The fraction of sp³-hybridized carbons (Fsp3) is 0.100. The molecule has 0 fully saturated rings. The van der Waals surface area contributed by atoms with Gasteiger partial charge in [-0.05, 0) is 18.2 Å². The summed E-state index contributed by atoms with van der Waals surface area (Å²) in [5.41, 5.74) is -0.305. The van der Waals surface area contributed by atoms with Crippen LogP contribution in [-0.4, -0.2) is 20.9 Å². The number of hydrogen-bond acceptors (Lipinski definition) is 3. The number of carbonyl (C=O) groups is 1. The van der Waals surface area contributed by atoms with Crippen LogP contribution in [0.1, 0.15) is 10.4 Å². The summed E-state index contributed by atoms with van der Waals surface area (Å²) in [6.07, 6.45) is 0. The summed E-state index contributed by atoms with van der Waals surface area (Å²) in [7, 11) is -4.00. The Kier molecular flexibility index (Phi) is 4.44. The highest BCUT2D eigenvalue weighted by Crippen LogP contribution is 2.13. The number of primary sulfonamides is 1. The first-order valence-electron chi connectivity index (χ1n) is 4.65. The van der Waals surface area contributed by atoms with E-state index in [-0.39, 0.29) is 17.1 Å². The minimum atomic E-state index is -4.00. The van der Waals surface area contributed by atoms with Gasteiger partial charge in [-0.15, -0.1) is 0 Å². The van der Waals surface area contributed by atoms with Crippen LogP contribution in [0.3, 0.4) is 0 Å². The zero-order chi connectivity index (χ0) is 13.9. The van der Waals surface area contributed by atoms with Gasteiger partial charge in [0.1, 0.15) is 5.82 Å². The van der Waals surface area contributed by atoms with Gasteiger partial charge in [0, 0.05) is 5.03 Å². The van der Waals surface area contributed by atoms with E-state index in [1.807, 2.05) is 0 Å². The lowest BCUT2D eigenvalue weighted by Gasteiger charge is -2.06. The summed E-state index contributed by atoms with van der Waals surface area (Å²) in [6, 6.07) is 2.75. The molecule has 8 heteroatoms. The third-order valence-corrected chi connectivity index (χ3v) is 3.00. The smallest absolute Gasteiger partial charge is 0.254 e. The van der Waals surface area contributed by atoms with Crippen LogP contribution in [0.2, 0.25) is 0 Å². The van der Waals surface area contributed by atoms with Crippen LogP contribution >= 0.6 is 11.6 Å². The van der Waals surface area contributed by atoms with Gasteiger partial charge in [-0.1, -0.05) is 18.2 Å². The van der Waals surface area contributed by atoms with Gasteiger partial charge >= 0.3 is 0 Å². The highest BCUT2D eigenvalue weighted by molar-refractivity contribution is 7.89. The first-order valence-corrected chi connectivity index (χ1v) is 6.58. The number of amides is 1. The molecule has 0 saturated carbocycles. The summed E-state index contributed by atoms with van der Waals surface area (Å²) in [5, 5.41) is 7.32. The molecule has 18 heavy (non-hydrogen) atoms. The lowest BCUT2D eigenvalue weighted by Crippen LogP contribution is -2.25. The Morgan fingerprint density at radius 2 is 2.11 bits per heavy atom. The normalized spacial score (nSPS) is 11.1. The van der Waals surface area contributed by atoms with E-state index in [1.54, 1.807) is 0 Å². The Morgan fingerprint density at radius 3 is 2.56 bits per heavy atom. The third kappa shape index (κ3) is 3.80.